The number of rotatable bonds is 4. The van der Waals surface area contributed by atoms with Crippen LogP contribution in [-0.4, -0.2) is 5.91 Å². The van der Waals surface area contributed by atoms with Gasteiger partial charge in [0.15, 0.2) is 0 Å². The molecule has 108 valence electrons. The van der Waals surface area contributed by atoms with Crippen LogP contribution in [0.5, 0.6) is 0 Å². The van der Waals surface area contributed by atoms with Gasteiger partial charge in [-0.05, 0) is 48.9 Å². The standard InChI is InChI=1S/C19H21NO/c1-2-15-9-11-16(12-10-15)18(21)20-19(13-6-14-19)17-7-4-3-5-8-17/h3-5,7-12H,2,6,13-14H2,1H3,(H,20,21). The van der Waals surface area contributed by atoms with Crippen molar-refractivity contribution in [3.8, 4) is 0 Å². The number of nitrogens with one attached hydrogen (secondary N) is 1. The van der Waals surface area contributed by atoms with Gasteiger partial charge in [0.1, 0.15) is 0 Å². The van der Waals surface area contributed by atoms with Crippen molar-refractivity contribution >= 4 is 5.91 Å². The van der Waals surface area contributed by atoms with Gasteiger partial charge in [-0.3, -0.25) is 4.79 Å². The van der Waals surface area contributed by atoms with E-state index in [0.717, 1.165) is 24.8 Å². The minimum atomic E-state index is -0.165. The maximum Gasteiger partial charge on any atom is 0.251 e. The third-order valence-electron chi connectivity index (χ3n) is 4.51. The molecule has 1 aliphatic carbocycles. The summed E-state index contributed by atoms with van der Waals surface area (Å²) in [5, 5.41) is 3.26. The first-order chi connectivity index (χ1) is 10.2. The zero-order valence-corrected chi connectivity index (χ0v) is 12.4. The summed E-state index contributed by atoms with van der Waals surface area (Å²) in [5.74, 6) is 0.0289. The summed E-state index contributed by atoms with van der Waals surface area (Å²) >= 11 is 0. The van der Waals surface area contributed by atoms with Gasteiger partial charge in [0.2, 0.25) is 0 Å². The predicted molar refractivity (Wildman–Crippen MR) is 85.3 cm³/mol. The van der Waals surface area contributed by atoms with Gasteiger partial charge in [-0.25, -0.2) is 0 Å². The molecule has 0 atom stereocenters. The molecule has 1 amide bonds. The monoisotopic (exact) mass is 279 g/mol. The number of carbonyl (C=O) groups is 1. The average Bonchev–Trinajstić information content (AvgIpc) is 2.51. The van der Waals surface area contributed by atoms with Crippen LogP contribution >= 0.6 is 0 Å². The normalized spacial score (nSPS) is 16.0. The third-order valence-corrected chi connectivity index (χ3v) is 4.51. The second-order valence-corrected chi connectivity index (χ2v) is 5.81. The fourth-order valence-corrected chi connectivity index (χ4v) is 2.95. The lowest BCUT2D eigenvalue weighted by Crippen LogP contribution is -2.50. The van der Waals surface area contributed by atoms with Crippen molar-refractivity contribution in [2.75, 3.05) is 0 Å². The molecule has 0 aliphatic heterocycles. The third kappa shape index (κ3) is 2.71. The molecule has 2 nitrogen and oxygen atoms in total. The lowest BCUT2D eigenvalue weighted by atomic mass is 9.71. The second-order valence-electron chi connectivity index (χ2n) is 5.81. The highest BCUT2D eigenvalue weighted by Crippen LogP contribution is 2.41. The minimum absolute atomic E-state index is 0.0289. The van der Waals surface area contributed by atoms with Crippen LogP contribution in [0.4, 0.5) is 0 Å². The van der Waals surface area contributed by atoms with Crippen LogP contribution in [0, 0.1) is 0 Å². The molecule has 2 aromatic rings. The van der Waals surface area contributed by atoms with E-state index in [1.807, 2.05) is 42.5 Å². The maximum absolute atomic E-state index is 12.5. The Labute approximate surface area is 126 Å². The van der Waals surface area contributed by atoms with Gasteiger partial charge in [0, 0.05) is 5.56 Å². The van der Waals surface area contributed by atoms with Crippen molar-refractivity contribution in [3.05, 3.63) is 71.3 Å². The largest absolute Gasteiger partial charge is 0.343 e. The molecule has 0 unspecified atom stereocenters. The minimum Gasteiger partial charge on any atom is -0.343 e. The summed E-state index contributed by atoms with van der Waals surface area (Å²) in [6.07, 6.45) is 4.21. The van der Waals surface area contributed by atoms with Crippen LogP contribution in [0.3, 0.4) is 0 Å². The van der Waals surface area contributed by atoms with E-state index in [0.29, 0.717) is 0 Å². The van der Waals surface area contributed by atoms with Crippen molar-refractivity contribution in [2.24, 2.45) is 0 Å². The molecule has 0 heterocycles. The topological polar surface area (TPSA) is 29.1 Å². The van der Waals surface area contributed by atoms with Crippen LogP contribution < -0.4 is 5.32 Å². The maximum atomic E-state index is 12.5. The lowest BCUT2D eigenvalue weighted by molar-refractivity contribution is 0.0823. The molecular weight excluding hydrogens is 258 g/mol. The van der Waals surface area contributed by atoms with Crippen molar-refractivity contribution in [2.45, 2.75) is 38.1 Å². The van der Waals surface area contributed by atoms with Crippen LogP contribution in [0.25, 0.3) is 0 Å². The van der Waals surface area contributed by atoms with Crippen LogP contribution in [0.1, 0.15) is 47.7 Å². The van der Waals surface area contributed by atoms with E-state index in [9.17, 15) is 4.79 Å². The predicted octanol–water partition coefficient (Wildman–Crippen LogP) is 4.06. The Morgan fingerprint density at radius 3 is 2.24 bits per heavy atom. The first-order valence-corrected chi connectivity index (χ1v) is 7.70. The number of hydrogen-bond donors (Lipinski definition) is 1. The van der Waals surface area contributed by atoms with Crippen molar-refractivity contribution < 1.29 is 4.79 Å². The number of benzene rings is 2. The Kier molecular flexibility index (Phi) is 3.78. The van der Waals surface area contributed by atoms with E-state index in [1.165, 1.54) is 17.5 Å². The van der Waals surface area contributed by atoms with Crippen molar-refractivity contribution in [1.82, 2.24) is 5.32 Å². The van der Waals surface area contributed by atoms with Gasteiger partial charge in [-0.2, -0.15) is 0 Å². The second kappa shape index (κ2) is 5.72. The van der Waals surface area contributed by atoms with Gasteiger partial charge < -0.3 is 5.32 Å². The highest BCUT2D eigenvalue weighted by atomic mass is 16.1. The fraction of sp³-hybridized carbons (Fsp3) is 0.316. The Bertz CT molecular complexity index is 612. The van der Waals surface area contributed by atoms with Gasteiger partial charge in [-0.1, -0.05) is 49.4 Å². The molecule has 0 aromatic heterocycles. The summed E-state index contributed by atoms with van der Waals surface area (Å²) in [5.41, 5.74) is 3.05. The molecule has 0 saturated heterocycles. The highest BCUT2D eigenvalue weighted by molar-refractivity contribution is 5.94. The summed E-state index contributed by atoms with van der Waals surface area (Å²) in [7, 11) is 0. The molecular formula is C19H21NO. The Morgan fingerprint density at radius 2 is 1.71 bits per heavy atom. The molecule has 1 N–H and O–H groups in total. The molecule has 2 aromatic carbocycles. The number of hydrogen-bond acceptors (Lipinski definition) is 1. The molecule has 1 fully saturated rings. The Morgan fingerprint density at radius 1 is 1.05 bits per heavy atom. The zero-order valence-electron chi connectivity index (χ0n) is 12.4. The van der Waals surface area contributed by atoms with Crippen LogP contribution in [-0.2, 0) is 12.0 Å². The average molecular weight is 279 g/mol. The molecule has 0 spiro atoms. The first kappa shape index (κ1) is 13.9. The van der Waals surface area contributed by atoms with Gasteiger partial charge in [0.05, 0.1) is 5.54 Å². The Hall–Kier alpha value is -2.09. The number of carbonyl (C=O) groups excluding carboxylic acids is 1. The summed E-state index contributed by atoms with van der Waals surface area (Å²) < 4.78 is 0. The zero-order chi connectivity index (χ0) is 14.7. The smallest absolute Gasteiger partial charge is 0.251 e. The fourth-order valence-electron chi connectivity index (χ4n) is 2.95. The van der Waals surface area contributed by atoms with Gasteiger partial charge in [0.25, 0.3) is 5.91 Å². The quantitative estimate of drug-likeness (QED) is 0.898. The molecule has 1 saturated carbocycles. The first-order valence-electron chi connectivity index (χ1n) is 7.70. The van der Waals surface area contributed by atoms with E-state index in [-0.39, 0.29) is 11.4 Å². The molecule has 0 radical (unpaired) electrons. The molecule has 1 aliphatic rings. The van der Waals surface area contributed by atoms with E-state index in [4.69, 9.17) is 0 Å². The summed E-state index contributed by atoms with van der Waals surface area (Å²) in [6, 6.07) is 18.2. The SMILES string of the molecule is CCc1ccc(C(=O)NC2(c3ccccc3)CCC2)cc1. The van der Waals surface area contributed by atoms with Crippen LogP contribution in [0.15, 0.2) is 54.6 Å². The van der Waals surface area contributed by atoms with E-state index >= 15 is 0 Å². The molecule has 0 bridgehead atoms. The molecule has 3 rings (SSSR count). The lowest BCUT2D eigenvalue weighted by Gasteiger charge is -2.43. The Balaban J connectivity index is 1.79. The van der Waals surface area contributed by atoms with E-state index < -0.39 is 0 Å². The number of aryl methyl sites for hydroxylation is 1. The van der Waals surface area contributed by atoms with Crippen molar-refractivity contribution in [3.63, 3.8) is 0 Å². The van der Waals surface area contributed by atoms with E-state index in [2.05, 4.69) is 24.4 Å². The van der Waals surface area contributed by atoms with Gasteiger partial charge in [-0.15, -0.1) is 0 Å². The van der Waals surface area contributed by atoms with Crippen molar-refractivity contribution in [1.29, 1.82) is 0 Å². The van der Waals surface area contributed by atoms with Gasteiger partial charge >= 0.3 is 0 Å². The van der Waals surface area contributed by atoms with E-state index in [1.54, 1.807) is 0 Å². The summed E-state index contributed by atoms with van der Waals surface area (Å²) in [4.78, 5) is 12.5. The number of amides is 1. The molecule has 2 heteroatoms. The molecule has 21 heavy (non-hydrogen) atoms. The van der Waals surface area contributed by atoms with Crippen LogP contribution in [0.2, 0.25) is 0 Å². The summed E-state index contributed by atoms with van der Waals surface area (Å²) in [6.45, 7) is 2.12. The highest BCUT2D eigenvalue weighted by Gasteiger charge is 2.39.